The van der Waals surface area contributed by atoms with Crippen LogP contribution in [0.3, 0.4) is 0 Å². The summed E-state index contributed by atoms with van der Waals surface area (Å²) in [6.07, 6.45) is 5.39. The second kappa shape index (κ2) is 14.6. The molecule has 0 amide bonds. The van der Waals surface area contributed by atoms with E-state index in [-0.39, 0.29) is 49.6 Å². The maximum absolute atomic E-state index is 6.06. The van der Waals surface area contributed by atoms with Gasteiger partial charge in [0.05, 0.1) is 0 Å². The molecular formula is C22H33Cl5N4. The highest BCUT2D eigenvalue weighted by molar-refractivity contribution is 6.30. The summed E-state index contributed by atoms with van der Waals surface area (Å²) in [5.74, 6) is 1.11. The van der Waals surface area contributed by atoms with Gasteiger partial charge in [0.1, 0.15) is 5.82 Å². The van der Waals surface area contributed by atoms with Gasteiger partial charge in [0, 0.05) is 55.5 Å². The Kier molecular flexibility index (Phi) is 14.4. The fraction of sp³-hybridized carbons (Fsp3) is 0.500. The topological polar surface area (TPSA) is 31.4 Å². The Hall–Kier alpha value is -0.460. The molecule has 0 bridgehead atoms. The Labute approximate surface area is 216 Å². The highest BCUT2D eigenvalue weighted by atomic mass is 35.5. The van der Waals surface area contributed by atoms with E-state index in [0.717, 1.165) is 43.4 Å². The first-order valence-electron chi connectivity index (χ1n) is 10.1. The second-order valence-electron chi connectivity index (χ2n) is 7.90. The summed E-state index contributed by atoms with van der Waals surface area (Å²) in [5, 5.41) is 4.49. The molecule has 0 unspecified atom stereocenters. The van der Waals surface area contributed by atoms with Crippen molar-refractivity contribution in [2.24, 2.45) is 0 Å². The molecule has 2 saturated heterocycles. The first-order chi connectivity index (χ1) is 13.2. The predicted octanol–water partition coefficient (Wildman–Crippen LogP) is 5.30. The molecule has 4 rings (SSSR count). The molecule has 2 aromatic rings. The van der Waals surface area contributed by atoms with E-state index >= 15 is 0 Å². The zero-order chi connectivity index (χ0) is 18.6. The van der Waals surface area contributed by atoms with E-state index in [2.05, 4.69) is 51.3 Å². The Morgan fingerprint density at radius 2 is 1.68 bits per heavy atom. The van der Waals surface area contributed by atoms with Crippen LogP contribution in [0.5, 0.6) is 0 Å². The normalized spacial score (nSPS) is 21.7. The molecule has 176 valence electrons. The van der Waals surface area contributed by atoms with Crippen LogP contribution in [0.1, 0.15) is 25.3 Å². The van der Waals surface area contributed by atoms with Gasteiger partial charge in [-0.15, -0.1) is 49.6 Å². The summed E-state index contributed by atoms with van der Waals surface area (Å²) in [7, 11) is 0. The summed E-state index contributed by atoms with van der Waals surface area (Å²) in [4.78, 5) is 9.72. The van der Waals surface area contributed by atoms with Crippen molar-refractivity contribution in [3.05, 3.63) is 59.2 Å². The molecule has 9 heteroatoms. The predicted molar refractivity (Wildman–Crippen MR) is 142 cm³/mol. The summed E-state index contributed by atoms with van der Waals surface area (Å²) >= 11 is 6.06. The Morgan fingerprint density at radius 1 is 1.00 bits per heavy atom. The van der Waals surface area contributed by atoms with Crippen LogP contribution < -0.4 is 10.2 Å². The highest BCUT2D eigenvalue weighted by Crippen LogP contribution is 2.25. The van der Waals surface area contributed by atoms with Crippen LogP contribution >= 0.6 is 61.2 Å². The summed E-state index contributed by atoms with van der Waals surface area (Å²) < 4.78 is 0. The van der Waals surface area contributed by atoms with Gasteiger partial charge in [0.25, 0.3) is 0 Å². The number of rotatable bonds is 4. The second-order valence-corrected chi connectivity index (χ2v) is 8.33. The fourth-order valence-corrected chi connectivity index (χ4v) is 4.61. The van der Waals surface area contributed by atoms with Crippen molar-refractivity contribution in [3.8, 4) is 0 Å². The number of nitrogens with zero attached hydrogens (tertiary/aromatic N) is 3. The van der Waals surface area contributed by atoms with Gasteiger partial charge < -0.3 is 10.2 Å². The number of piperazine rings is 1. The number of hydrogen-bond acceptors (Lipinski definition) is 4. The Morgan fingerprint density at radius 3 is 2.29 bits per heavy atom. The van der Waals surface area contributed by atoms with Crippen LogP contribution in [0.15, 0.2) is 48.7 Å². The SMILES string of the molecule is C[C@H]1CN(C2CCN(c3ccccn3)CC2)[C@@H](Cc2ccc(Cl)cc2)CN1.Cl.Cl.Cl.Cl. The monoisotopic (exact) mass is 528 g/mol. The Bertz CT molecular complexity index is 726. The van der Waals surface area contributed by atoms with E-state index in [1.807, 2.05) is 24.4 Å². The molecule has 4 nitrogen and oxygen atoms in total. The summed E-state index contributed by atoms with van der Waals surface area (Å²) in [5.41, 5.74) is 1.37. The largest absolute Gasteiger partial charge is 0.357 e. The van der Waals surface area contributed by atoms with Gasteiger partial charge in [0.2, 0.25) is 0 Å². The van der Waals surface area contributed by atoms with Gasteiger partial charge in [-0.3, -0.25) is 4.90 Å². The molecule has 0 spiro atoms. The Balaban J connectivity index is 0.00000225. The number of pyridine rings is 1. The minimum Gasteiger partial charge on any atom is -0.357 e. The molecule has 3 heterocycles. The van der Waals surface area contributed by atoms with Gasteiger partial charge in [-0.2, -0.15) is 0 Å². The molecule has 1 aromatic heterocycles. The third-order valence-electron chi connectivity index (χ3n) is 5.95. The molecule has 1 N–H and O–H groups in total. The molecule has 0 radical (unpaired) electrons. The highest BCUT2D eigenvalue weighted by Gasteiger charge is 2.33. The lowest BCUT2D eigenvalue weighted by molar-refractivity contribution is 0.0717. The number of anilines is 1. The van der Waals surface area contributed by atoms with Crippen molar-refractivity contribution in [1.82, 2.24) is 15.2 Å². The number of aromatic nitrogens is 1. The van der Waals surface area contributed by atoms with Gasteiger partial charge in [-0.1, -0.05) is 29.8 Å². The van der Waals surface area contributed by atoms with E-state index < -0.39 is 0 Å². The van der Waals surface area contributed by atoms with E-state index in [1.54, 1.807) is 0 Å². The molecule has 0 aliphatic carbocycles. The van der Waals surface area contributed by atoms with E-state index in [1.165, 1.54) is 18.4 Å². The zero-order valence-electron chi connectivity index (χ0n) is 17.7. The minimum atomic E-state index is 0. The van der Waals surface area contributed by atoms with Gasteiger partial charge >= 0.3 is 0 Å². The average molecular weight is 531 g/mol. The van der Waals surface area contributed by atoms with Crippen molar-refractivity contribution in [2.75, 3.05) is 31.1 Å². The van der Waals surface area contributed by atoms with Gasteiger partial charge in [0.15, 0.2) is 0 Å². The summed E-state index contributed by atoms with van der Waals surface area (Å²) in [6.45, 7) is 6.67. The fourth-order valence-electron chi connectivity index (χ4n) is 4.48. The number of benzene rings is 1. The maximum atomic E-state index is 6.06. The van der Waals surface area contributed by atoms with Gasteiger partial charge in [-0.25, -0.2) is 4.98 Å². The number of piperidine rings is 1. The third kappa shape index (κ3) is 8.12. The number of halogens is 5. The molecule has 1 aromatic carbocycles. The third-order valence-corrected chi connectivity index (χ3v) is 6.20. The number of hydrogen-bond donors (Lipinski definition) is 1. The van der Waals surface area contributed by atoms with Crippen LogP contribution in [-0.4, -0.2) is 54.2 Å². The first-order valence-corrected chi connectivity index (χ1v) is 10.5. The van der Waals surface area contributed by atoms with Crippen molar-refractivity contribution >= 4 is 67.0 Å². The zero-order valence-corrected chi connectivity index (χ0v) is 21.7. The van der Waals surface area contributed by atoms with Crippen molar-refractivity contribution in [1.29, 1.82) is 0 Å². The van der Waals surface area contributed by atoms with E-state index in [9.17, 15) is 0 Å². The lowest BCUT2D eigenvalue weighted by Crippen LogP contribution is -2.61. The minimum absolute atomic E-state index is 0. The molecule has 0 saturated carbocycles. The first kappa shape index (κ1) is 30.5. The molecule has 2 atom stereocenters. The lowest BCUT2D eigenvalue weighted by Gasteiger charge is -2.47. The molecule has 2 aliphatic heterocycles. The lowest BCUT2D eigenvalue weighted by atomic mass is 9.95. The standard InChI is InChI=1S/C22H29ClN4.4ClH/c1-17-16-27(21(15-25-17)14-18-5-7-19(23)8-6-18)20-9-12-26(13-10-20)22-4-2-3-11-24-22;;;;/h2-8,11,17,20-21,25H,9-10,12-16H2,1H3;4*1H/t17-,21-;;;;/m0..../s1. The quantitative estimate of drug-likeness (QED) is 0.582. The van der Waals surface area contributed by atoms with Crippen LogP contribution in [-0.2, 0) is 6.42 Å². The van der Waals surface area contributed by atoms with Crippen LogP contribution in [0.2, 0.25) is 5.02 Å². The van der Waals surface area contributed by atoms with Crippen molar-refractivity contribution in [2.45, 2.75) is 44.3 Å². The van der Waals surface area contributed by atoms with Crippen molar-refractivity contribution < 1.29 is 0 Å². The molecule has 2 aliphatic rings. The molecule has 2 fully saturated rings. The average Bonchev–Trinajstić information content (AvgIpc) is 2.72. The smallest absolute Gasteiger partial charge is 0.128 e. The van der Waals surface area contributed by atoms with Crippen LogP contribution in [0.4, 0.5) is 5.82 Å². The van der Waals surface area contributed by atoms with Crippen molar-refractivity contribution in [3.63, 3.8) is 0 Å². The van der Waals surface area contributed by atoms with Crippen LogP contribution in [0, 0.1) is 0 Å². The molecular weight excluding hydrogens is 498 g/mol. The summed E-state index contributed by atoms with van der Waals surface area (Å²) in [6, 6.07) is 16.3. The molecule has 31 heavy (non-hydrogen) atoms. The van der Waals surface area contributed by atoms with E-state index in [4.69, 9.17) is 11.6 Å². The van der Waals surface area contributed by atoms with Crippen LogP contribution in [0.25, 0.3) is 0 Å². The van der Waals surface area contributed by atoms with Gasteiger partial charge in [-0.05, 0) is 56.0 Å². The maximum Gasteiger partial charge on any atom is 0.128 e. The van der Waals surface area contributed by atoms with E-state index in [0.29, 0.717) is 18.1 Å². The number of nitrogens with one attached hydrogen (secondary N) is 1.